The highest BCUT2D eigenvalue weighted by Crippen LogP contribution is 2.26. The molecule has 0 aromatic heterocycles. The molecule has 0 N–H and O–H groups in total. The van der Waals surface area contributed by atoms with Crippen LogP contribution in [0.5, 0.6) is 0 Å². The van der Waals surface area contributed by atoms with Crippen molar-refractivity contribution in [1.82, 2.24) is 0 Å². The first-order chi connectivity index (χ1) is 3.56. The van der Waals surface area contributed by atoms with Gasteiger partial charge in [-0.1, -0.05) is 0 Å². The van der Waals surface area contributed by atoms with E-state index in [1.807, 2.05) is 0 Å². The highest BCUT2D eigenvalue weighted by molar-refractivity contribution is 7.64. The maximum Gasteiger partial charge on any atom is 0.341 e. The fraction of sp³-hybridized carbons (Fsp3) is 1.00. The zero-order valence-electron chi connectivity index (χ0n) is 4.13. The quantitative estimate of drug-likeness (QED) is 0.480. The largest absolute Gasteiger partial charge is 0.341 e. The van der Waals surface area contributed by atoms with Gasteiger partial charge in [-0.25, -0.2) is 0 Å². The Morgan fingerprint density at radius 2 is 1.75 bits per heavy atom. The van der Waals surface area contributed by atoms with Crippen LogP contribution in [0.4, 0.5) is 4.39 Å². The van der Waals surface area contributed by atoms with Crippen LogP contribution in [0.2, 0.25) is 6.04 Å². The lowest BCUT2D eigenvalue weighted by Gasteiger charge is -2.02. The van der Waals surface area contributed by atoms with Crippen molar-refractivity contribution in [1.29, 1.82) is 0 Å². The van der Waals surface area contributed by atoms with Crippen LogP contribution in [-0.4, -0.2) is 12.7 Å². The minimum atomic E-state index is -2.50. The predicted octanol–water partition coefficient (Wildman–Crippen LogP) is 3.00. The zero-order valence-corrected chi connectivity index (χ0v) is 7.40. The number of hydrogen-bond acceptors (Lipinski definition) is 0. The summed E-state index contributed by atoms with van der Waals surface area (Å²) in [5.41, 5.74) is 0. The van der Waals surface area contributed by atoms with Crippen LogP contribution in [0.25, 0.3) is 0 Å². The highest BCUT2D eigenvalue weighted by atomic mass is 35.8. The lowest BCUT2D eigenvalue weighted by atomic mass is 10.6. The Bertz CT molecular complexity index is 62.0. The Hall–Kier alpha value is 1.02. The van der Waals surface area contributed by atoms with E-state index in [4.69, 9.17) is 33.2 Å². The molecule has 0 amide bonds. The maximum absolute atomic E-state index is 11.4. The summed E-state index contributed by atoms with van der Waals surface area (Å²) >= 11 is 16.2. The fourth-order valence-corrected chi connectivity index (χ4v) is 2.00. The van der Waals surface area contributed by atoms with Gasteiger partial charge >= 0.3 is 6.00 Å². The van der Waals surface area contributed by atoms with Crippen LogP contribution in [-0.2, 0) is 0 Å². The molecule has 0 aromatic carbocycles. The molecule has 0 atom stereocenters. The maximum atomic E-state index is 11.4. The molecule has 0 aliphatic rings. The van der Waals surface area contributed by atoms with E-state index < -0.39 is 6.00 Å². The van der Waals surface area contributed by atoms with Crippen LogP contribution >= 0.6 is 33.2 Å². The van der Waals surface area contributed by atoms with Crippen molar-refractivity contribution in [3.05, 3.63) is 0 Å². The summed E-state index contributed by atoms with van der Waals surface area (Å²) in [7, 11) is 0. The molecule has 0 nitrogen and oxygen atoms in total. The van der Waals surface area contributed by atoms with Crippen LogP contribution in [0.15, 0.2) is 0 Å². The van der Waals surface area contributed by atoms with Gasteiger partial charge in [0.1, 0.15) is 0 Å². The molecule has 0 saturated heterocycles. The van der Waals surface area contributed by atoms with Crippen LogP contribution < -0.4 is 0 Å². The van der Waals surface area contributed by atoms with Gasteiger partial charge in [-0.05, 0) is 12.5 Å². The SMILES string of the molecule is FCCC[Si](Cl)(Cl)Cl. The van der Waals surface area contributed by atoms with Gasteiger partial charge in [0, 0.05) is 0 Å². The van der Waals surface area contributed by atoms with E-state index in [9.17, 15) is 4.39 Å². The second-order valence-corrected chi connectivity index (χ2v) is 10.7. The average Bonchev–Trinajstić information content (AvgIpc) is 1.59. The summed E-state index contributed by atoms with van der Waals surface area (Å²) in [6.07, 6.45) is 0.378. The summed E-state index contributed by atoms with van der Waals surface area (Å²) in [6, 6.07) is -2.08. The third kappa shape index (κ3) is 7.02. The third-order valence-electron chi connectivity index (χ3n) is 0.594. The van der Waals surface area contributed by atoms with Crippen molar-refractivity contribution >= 4 is 39.2 Å². The molecule has 0 heterocycles. The second-order valence-electron chi connectivity index (χ2n) is 1.41. The van der Waals surface area contributed by atoms with Gasteiger partial charge in [0.2, 0.25) is 0 Å². The smallest absolute Gasteiger partial charge is 0.251 e. The Morgan fingerprint density at radius 1 is 1.25 bits per heavy atom. The minimum Gasteiger partial charge on any atom is -0.251 e. The van der Waals surface area contributed by atoms with Gasteiger partial charge in [-0.15, -0.1) is 33.2 Å². The zero-order chi connectivity index (χ0) is 6.62. The molecule has 0 aliphatic heterocycles. The van der Waals surface area contributed by atoms with Crippen molar-refractivity contribution in [2.45, 2.75) is 12.5 Å². The molecule has 0 rings (SSSR count). The van der Waals surface area contributed by atoms with Crippen LogP contribution in [0, 0.1) is 0 Å². The molecule has 0 fully saturated rings. The lowest BCUT2D eigenvalue weighted by molar-refractivity contribution is 0.486. The van der Waals surface area contributed by atoms with Crippen molar-refractivity contribution in [3.8, 4) is 0 Å². The lowest BCUT2D eigenvalue weighted by Crippen LogP contribution is -2.07. The predicted molar refractivity (Wildman–Crippen MR) is 38.7 cm³/mol. The fourth-order valence-electron chi connectivity index (χ4n) is 0.267. The number of halogens is 4. The first-order valence-corrected chi connectivity index (χ1v) is 7.43. The van der Waals surface area contributed by atoms with Crippen molar-refractivity contribution in [2.75, 3.05) is 6.67 Å². The van der Waals surface area contributed by atoms with E-state index in [1.54, 1.807) is 0 Å². The van der Waals surface area contributed by atoms with E-state index in [-0.39, 0.29) is 6.67 Å². The van der Waals surface area contributed by atoms with Crippen molar-refractivity contribution in [2.24, 2.45) is 0 Å². The van der Waals surface area contributed by atoms with E-state index in [0.717, 1.165) is 0 Å². The molecule has 0 saturated carbocycles. The molecule has 0 bridgehead atoms. The first kappa shape index (κ1) is 9.02. The Balaban J connectivity index is 3.11. The van der Waals surface area contributed by atoms with Crippen molar-refractivity contribution < 1.29 is 4.39 Å². The summed E-state index contributed by atoms with van der Waals surface area (Å²) in [5.74, 6) is 0. The molecular formula is C3H6Cl3FSi. The Kier molecular flexibility index (Phi) is 4.43. The molecule has 50 valence electrons. The van der Waals surface area contributed by atoms with E-state index in [2.05, 4.69) is 0 Å². The van der Waals surface area contributed by atoms with E-state index in [1.165, 1.54) is 0 Å². The summed E-state index contributed by atoms with van der Waals surface area (Å²) in [5, 5.41) is 0. The number of rotatable bonds is 3. The van der Waals surface area contributed by atoms with Gasteiger partial charge in [-0.3, -0.25) is 4.39 Å². The minimum absolute atomic E-state index is 0.378. The Labute approximate surface area is 63.0 Å². The molecule has 0 aliphatic carbocycles. The summed E-state index contributed by atoms with van der Waals surface area (Å²) in [4.78, 5) is 0. The van der Waals surface area contributed by atoms with Gasteiger partial charge in [-0.2, -0.15) is 0 Å². The molecule has 0 unspecified atom stereocenters. The monoisotopic (exact) mass is 194 g/mol. The molecule has 5 heteroatoms. The van der Waals surface area contributed by atoms with Gasteiger partial charge in [0.15, 0.2) is 0 Å². The molecular weight excluding hydrogens is 189 g/mol. The van der Waals surface area contributed by atoms with E-state index in [0.29, 0.717) is 12.5 Å². The van der Waals surface area contributed by atoms with Gasteiger partial charge in [0.05, 0.1) is 6.67 Å². The van der Waals surface area contributed by atoms with Crippen molar-refractivity contribution in [3.63, 3.8) is 0 Å². The Morgan fingerprint density at radius 3 is 1.88 bits per heavy atom. The number of hydrogen-bond donors (Lipinski definition) is 0. The third-order valence-corrected chi connectivity index (χ3v) is 3.22. The van der Waals surface area contributed by atoms with E-state index >= 15 is 0 Å². The van der Waals surface area contributed by atoms with Gasteiger partial charge < -0.3 is 0 Å². The molecule has 0 radical (unpaired) electrons. The number of alkyl halides is 1. The van der Waals surface area contributed by atoms with Crippen LogP contribution in [0.3, 0.4) is 0 Å². The summed E-state index contributed by atoms with van der Waals surface area (Å²) in [6.45, 7) is -0.388. The van der Waals surface area contributed by atoms with Gasteiger partial charge in [0.25, 0.3) is 0 Å². The highest BCUT2D eigenvalue weighted by Gasteiger charge is 2.23. The first-order valence-electron chi connectivity index (χ1n) is 2.19. The normalized spacial score (nSPS) is 12.0. The summed E-state index contributed by atoms with van der Waals surface area (Å²) < 4.78 is 11.4. The molecule has 0 aromatic rings. The standard InChI is InChI=1S/C3H6Cl3FSi/c4-8(5,6)3-1-2-7/h1-3H2. The average molecular weight is 196 g/mol. The molecule has 8 heavy (non-hydrogen) atoms. The second kappa shape index (κ2) is 3.93. The topological polar surface area (TPSA) is 0 Å². The van der Waals surface area contributed by atoms with Crippen LogP contribution in [0.1, 0.15) is 6.42 Å². The molecule has 0 spiro atoms.